The van der Waals surface area contributed by atoms with Gasteiger partial charge in [0, 0.05) is 26.1 Å². The second-order valence-corrected chi connectivity index (χ2v) is 12.8. The average molecular weight is 608 g/mol. The van der Waals surface area contributed by atoms with Crippen molar-refractivity contribution >= 4 is 21.9 Å². The van der Waals surface area contributed by atoms with Crippen LogP contribution < -0.4 is 10.1 Å². The van der Waals surface area contributed by atoms with E-state index in [1.165, 1.54) is 17.0 Å². The molecule has 1 aliphatic rings. The molecule has 43 heavy (non-hydrogen) atoms. The summed E-state index contributed by atoms with van der Waals surface area (Å²) in [4.78, 5) is 28.3. The summed E-state index contributed by atoms with van der Waals surface area (Å²) in [6.07, 6.45) is 2.00. The summed E-state index contributed by atoms with van der Waals surface area (Å²) in [5.41, 5.74) is 3.02. The van der Waals surface area contributed by atoms with Crippen molar-refractivity contribution in [3.05, 3.63) is 95.6 Å². The van der Waals surface area contributed by atoms with Gasteiger partial charge in [-0.05, 0) is 68.6 Å². The Morgan fingerprint density at radius 3 is 2.37 bits per heavy atom. The number of esters is 1. The van der Waals surface area contributed by atoms with Gasteiger partial charge in [-0.3, -0.25) is 4.79 Å². The number of carbonyl (C=O) groups is 2. The van der Waals surface area contributed by atoms with Gasteiger partial charge in [-0.15, -0.1) is 0 Å². The van der Waals surface area contributed by atoms with E-state index in [0.717, 1.165) is 36.4 Å². The third-order valence-corrected chi connectivity index (χ3v) is 9.47. The molecule has 1 amide bonds. The third kappa shape index (κ3) is 8.89. The molecule has 1 heterocycles. The van der Waals surface area contributed by atoms with Crippen molar-refractivity contribution < 1.29 is 27.5 Å². The van der Waals surface area contributed by atoms with Gasteiger partial charge in [0.05, 0.1) is 18.6 Å². The number of carbonyl (C=O) groups excluding carboxylic acids is 2. The number of hydrogen-bond acceptors (Lipinski definition) is 7. The summed E-state index contributed by atoms with van der Waals surface area (Å²) < 4.78 is 38.7. The largest absolute Gasteiger partial charge is 0.494 e. The maximum atomic E-state index is 13.3. The Labute approximate surface area is 254 Å². The zero-order chi connectivity index (χ0) is 30.8. The molecule has 0 unspecified atom stereocenters. The van der Waals surface area contributed by atoms with Crippen molar-refractivity contribution in [2.45, 2.75) is 56.1 Å². The van der Waals surface area contributed by atoms with E-state index >= 15 is 0 Å². The molecule has 1 saturated heterocycles. The summed E-state index contributed by atoms with van der Waals surface area (Å²) in [7, 11) is -0.512. The zero-order valence-corrected chi connectivity index (χ0v) is 25.9. The summed E-state index contributed by atoms with van der Waals surface area (Å²) >= 11 is 0. The lowest BCUT2D eigenvalue weighted by Crippen LogP contribution is -2.51. The number of methoxy groups -OCH3 is 1. The molecule has 10 heteroatoms. The van der Waals surface area contributed by atoms with Gasteiger partial charge in [0.1, 0.15) is 17.8 Å². The Morgan fingerprint density at radius 2 is 1.70 bits per heavy atom. The lowest BCUT2D eigenvalue weighted by atomic mass is 10.0. The highest BCUT2D eigenvalue weighted by Crippen LogP contribution is 2.27. The predicted octanol–water partition coefficient (Wildman–Crippen LogP) is 3.95. The van der Waals surface area contributed by atoms with E-state index in [9.17, 15) is 18.0 Å². The number of rotatable bonds is 14. The van der Waals surface area contributed by atoms with Gasteiger partial charge in [0.15, 0.2) is 0 Å². The monoisotopic (exact) mass is 607 g/mol. The normalized spacial score (nSPS) is 16.1. The van der Waals surface area contributed by atoms with Crippen molar-refractivity contribution in [3.63, 3.8) is 0 Å². The fraction of sp³-hybridized carbons (Fsp3) is 0.394. The lowest BCUT2D eigenvalue weighted by molar-refractivity contribution is -0.145. The van der Waals surface area contributed by atoms with Crippen molar-refractivity contribution in [1.29, 1.82) is 0 Å². The number of nitrogens with zero attached hydrogens (tertiary/aromatic N) is 2. The van der Waals surface area contributed by atoms with E-state index < -0.39 is 34.0 Å². The number of hydrogen-bond donors (Lipinski definition) is 1. The summed E-state index contributed by atoms with van der Waals surface area (Å²) in [5, 5.41) is 2.75. The minimum atomic E-state index is -3.86. The molecule has 3 aromatic rings. The first-order chi connectivity index (χ1) is 20.7. The Bertz CT molecular complexity index is 1450. The van der Waals surface area contributed by atoms with Crippen LogP contribution in [0, 0.1) is 6.92 Å². The standard InChI is InChI=1S/C33H41N3O6S/c1-25-12-18-29(19-13-25)43(39,40)36-21-7-11-31(36)32(37)34-30(33(38)41-3)23-26-14-16-28(17-15-26)42-22-8-20-35(2)24-27-9-5-4-6-10-27/h4-6,9-10,12-19,30-31H,7-8,11,20-24H2,1-3H3,(H,34,37)/t30-,31-/m0/s1. The van der Waals surface area contributed by atoms with Crippen molar-refractivity contribution in [2.24, 2.45) is 0 Å². The number of nitrogens with one attached hydrogen (secondary N) is 1. The summed E-state index contributed by atoms with van der Waals surface area (Å²) in [6, 6.07) is 22.4. The molecule has 1 aliphatic heterocycles. The number of sulfonamides is 1. The first-order valence-corrected chi connectivity index (χ1v) is 16.0. The van der Waals surface area contributed by atoms with Crippen molar-refractivity contribution in [1.82, 2.24) is 14.5 Å². The Morgan fingerprint density at radius 1 is 1.00 bits per heavy atom. The van der Waals surface area contributed by atoms with Crippen molar-refractivity contribution in [3.8, 4) is 5.75 Å². The highest BCUT2D eigenvalue weighted by atomic mass is 32.2. The average Bonchev–Trinajstić information content (AvgIpc) is 3.52. The molecule has 0 spiro atoms. The number of benzene rings is 3. The van der Waals surface area contributed by atoms with Crippen molar-refractivity contribution in [2.75, 3.05) is 33.9 Å². The number of amides is 1. The zero-order valence-electron chi connectivity index (χ0n) is 25.1. The fourth-order valence-corrected chi connectivity index (χ4v) is 6.85. The molecule has 1 N–H and O–H groups in total. The van der Waals surface area contributed by atoms with Crippen LogP contribution in [0.5, 0.6) is 5.75 Å². The second kappa shape index (κ2) is 15.1. The molecule has 230 valence electrons. The van der Waals surface area contributed by atoms with Gasteiger partial charge < -0.3 is 19.7 Å². The van der Waals surface area contributed by atoms with E-state index in [2.05, 4.69) is 29.4 Å². The minimum absolute atomic E-state index is 0.142. The fourth-order valence-electron chi connectivity index (χ4n) is 5.20. The first kappa shape index (κ1) is 32.2. The minimum Gasteiger partial charge on any atom is -0.494 e. The topological polar surface area (TPSA) is 105 Å². The smallest absolute Gasteiger partial charge is 0.328 e. The molecule has 3 aromatic carbocycles. The van der Waals surface area contributed by atoms with E-state index in [1.54, 1.807) is 24.3 Å². The summed E-state index contributed by atoms with van der Waals surface area (Å²) in [6.45, 7) is 4.47. The molecule has 4 rings (SSSR count). The van der Waals surface area contributed by atoms with Gasteiger partial charge in [0.2, 0.25) is 15.9 Å². The van der Waals surface area contributed by atoms with Gasteiger partial charge in [-0.2, -0.15) is 4.31 Å². The second-order valence-electron chi connectivity index (χ2n) is 10.9. The van der Waals surface area contributed by atoms with Crippen LogP contribution in [0.25, 0.3) is 0 Å². The van der Waals surface area contributed by atoms with E-state index in [-0.39, 0.29) is 17.9 Å². The Balaban J connectivity index is 1.30. The molecular formula is C33H41N3O6S. The highest BCUT2D eigenvalue weighted by molar-refractivity contribution is 7.89. The van der Waals surface area contributed by atoms with E-state index in [0.29, 0.717) is 19.4 Å². The van der Waals surface area contributed by atoms with Crippen LogP contribution in [0.1, 0.15) is 36.0 Å². The molecule has 0 aliphatic carbocycles. The Hall–Kier alpha value is -3.73. The maximum Gasteiger partial charge on any atom is 0.328 e. The molecule has 0 bridgehead atoms. The maximum absolute atomic E-state index is 13.3. The number of ether oxygens (including phenoxy) is 2. The van der Waals surface area contributed by atoms with Crippen LogP contribution in [-0.4, -0.2) is 75.4 Å². The summed E-state index contributed by atoms with van der Waals surface area (Å²) in [5.74, 6) is -0.393. The lowest BCUT2D eigenvalue weighted by Gasteiger charge is -2.25. The van der Waals surface area contributed by atoms with Crippen LogP contribution in [0.3, 0.4) is 0 Å². The van der Waals surface area contributed by atoms with E-state index in [4.69, 9.17) is 9.47 Å². The highest BCUT2D eigenvalue weighted by Gasteiger charge is 2.40. The molecule has 0 aromatic heterocycles. The van der Waals surface area contributed by atoms with E-state index in [1.807, 2.05) is 49.4 Å². The van der Waals surface area contributed by atoms with Crippen LogP contribution in [0.15, 0.2) is 83.8 Å². The Kier molecular flexibility index (Phi) is 11.3. The molecule has 1 fully saturated rings. The number of aryl methyl sites for hydroxylation is 1. The molecule has 0 radical (unpaired) electrons. The predicted molar refractivity (Wildman–Crippen MR) is 165 cm³/mol. The van der Waals surface area contributed by atoms with Crippen LogP contribution in [0.2, 0.25) is 0 Å². The van der Waals surface area contributed by atoms with Gasteiger partial charge in [0.25, 0.3) is 0 Å². The van der Waals surface area contributed by atoms with Gasteiger partial charge >= 0.3 is 5.97 Å². The molecule has 0 saturated carbocycles. The molecular weight excluding hydrogens is 566 g/mol. The SMILES string of the molecule is COC(=O)[C@H](Cc1ccc(OCCCN(C)Cc2ccccc2)cc1)NC(=O)[C@@H]1CCCN1S(=O)(=O)c1ccc(C)cc1. The van der Waals surface area contributed by atoms with Crippen LogP contribution in [0.4, 0.5) is 0 Å². The quantitative estimate of drug-likeness (QED) is 0.219. The van der Waals surface area contributed by atoms with Gasteiger partial charge in [-0.25, -0.2) is 13.2 Å². The van der Waals surface area contributed by atoms with Crippen LogP contribution in [-0.2, 0) is 37.3 Å². The molecule has 9 nitrogen and oxygen atoms in total. The first-order valence-electron chi connectivity index (χ1n) is 14.6. The van der Waals surface area contributed by atoms with Crippen LogP contribution >= 0.6 is 0 Å². The third-order valence-electron chi connectivity index (χ3n) is 7.55. The van der Waals surface area contributed by atoms with Gasteiger partial charge in [-0.1, -0.05) is 60.2 Å². The molecule has 2 atom stereocenters.